The molecule has 32 heavy (non-hydrogen) atoms. The Labute approximate surface area is 189 Å². The van der Waals surface area contributed by atoms with Gasteiger partial charge in [0.05, 0.1) is 18.6 Å². The molecule has 2 amide bonds. The maximum absolute atomic E-state index is 12.2. The molecule has 0 aromatic rings. The van der Waals surface area contributed by atoms with E-state index in [0.717, 1.165) is 58.4 Å². The molecule has 8 nitrogen and oxygen atoms in total. The molecular formula is C24H34N6O2. The van der Waals surface area contributed by atoms with E-state index in [-0.39, 0.29) is 35.7 Å². The van der Waals surface area contributed by atoms with Crippen LogP contribution in [0.2, 0.25) is 0 Å². The summed E-state index contributed by atoms with van der Waals surface area (Å²) in [5.74, 6) is 1.30. The van der Waals surface area contributed by atoms with Crippen LogP contribution in [0.5, 0.6) is 0 Å². The third-order valence-electron chi connectivity index (χ3n) is 7.34. The summed E-state index contributed by atoms with van der Waals surface area (Å²) in [6, 6.07) is 0.543. The number of amides is 2. The van der Waals surface area contributed by atoms with Crippen LogP contribution in [0.3, 0.4) is 0 Å². The van der Waals surface area contributed by atoms with Crippen LogP contribution in [-0.2, 0) is 9.59 Å². The van der Waals surface area contributed by atoms with Gasteiger partial charge in [-0.2, -0.15) is 0 Å². The second-order valence-electron chi connectivity index (χ2n) is 9.69. The summed E-state index contributed by atoms with van der Waals surface area (Å²) in [6.45, 7) is 7.66. The molecule has 4 heterocycles. The molecule has 0 radical (unpaired) electrons. The van der Waals surface area contributed by atoms with Crippen LogP contribution in [0.1, 0.15) is 32.6 Å². The Morgan fingerprint density at radius 3 is 2.75 bits per heavy atom. The molecule has 3 fully saturated rings. The standard InChI is InChI=1S/C24H34N6O2/c1-2-17-12-20-21(27-23(17)31)11-16(13-25-20)15-29-7-9-30(10-8-29)19-5-6-22(26-14-19)28-24(32)18-3-4-18/h5-6,11,13,17-21H,2-4,7-10,12,14-15H2,1H3,(H,27,31)(H,26,28,32). The van der Waals surface area contributed by atoms with Crippen LogP contribution in [0.25, 0.3) is 0 Å². The van der Waals surface area contributed by atoms with Crippen LogP contribution in [0, 0.1) is 11.8 Å². The zero-order valence-corrected chi connectivity index (χ0v) is 18.9. The van der Waals surface area contributed by atoms with Crippen LogP contribution in [-0.4, -0.2) is 91.1 Å². The highest BCUT2D eigenvalue weighted by Gasteiger charge is 2.35. The van der Waals surface area contributed by atoms with Crippen molar-refractivity contribution in [3.8, 4) is 0 Å². The average Bonchev–Trinajstić information content (AvgIpc) is 3.65. The van der Waals surface area contributed by atoms with Crippen molar-refractivity contribution in [2.24, 2.45) is 21.8 Å². The maximum atomic E-state index is 12.2. The summed E-state index contributed by atoms with van der Waals surface area (Å²) in [5, 5.41) is 6.10. The Balaban J connectivity index is 1.07. The lowest BCUT2D eigenvalue weighted by molar-refractivity contribution is -0.127. The van der Waals surface area contributed by atoms with Gasteiger partial charge in [0.15, 0.2) is 0 Å². The molecule has 8 heteroatoms. The third kappa shape index (κ3) is 4.86. The van der Waals surface area contributed by atoms with Crippen LogP contribution in [0.15, 0.2) is 33.8 Å². The van der Waals surface area contributed by atoms with E-state index in [1.165, 1.54) is 5.57 Å². The topological polar surface area (TPSA) is 89.4 Å². The smallest absolute Gasteiger partial charge is 0.228 e. The number of aliphatic imine (C=N–C) groups is 2. The van der Waals surface area contributed by atoms with E-state index < -0.39 is 0 Å². The number of amidine groups is 1. The zero-order valence-electron chi connectivity index (χ0n) is 18.9. The number of piperazine rings is 1. The lowest BCUT2D eigenvalue weighted by Crippen LogP contribution is -2.53. The number of nitrogens with zero attached hydrogens (tertiary/aromatic N) is 4. The number of fused-ring (bicyclic) bond motifs is 1. The van der Waals surface area contributed by atoms with Gasteiger partial charge in [0.25, 0.3) is 0 Å². The summed E-state index contributed by atoms with van der Waals surface area (Å²) in [7, 11) is 0. The van der Waals surface area contributed by atoms with Crippen LogP contribution in [0.4, 0.5) is 0 Å². The second kappa shape index (κ2) is 9.27. The minimum absolute atomic E-state index is 0.0476. The number of hydrogen-bond donors (Lipinski definition) is 2. The highest BCUT2D eigenvalue weighted by atomic mass is 16.2. The normalized spacial score (nSPS) is 33.2. The summed E-state index contributed by atoms with van der Waals surface area (Å²) in [5.41, 5.74) is 1.20. The number of nitrogens with one attached hydrogen (secondary N) is 2. The van der Waals surface area contributed by atoms with Crippen molar-refractivity contribution in [2.45, 2.75) is 50.7 Å². The lowest BCUT2D eigenvalue weighted by atomic mass is 9.86. The molecule has 4 atom stereocenters. The van der Waals surface area contributed by atoms with Crippen LogP contribution >= 0.6 is 0 Å². The Morgan fingerprint density at radius 2 is 2.06 bits per heavy atom. The van der Waals surface area contributed by atoms with Gasteiger partial charge in [-0.05, 0) is 37.3 Å². The number of carbonyl (C=O) groups is 2. The zero-order chi connectivity index (χ0) is 22.1. The molecule has 0 bridgehead atoms. The first-order valence-electron chi connectivity index (χ1n) is 12.1. The molecule has 2 saturated heterocycles. The average molecular weight is 439 g/mol. The monoisotopic (exact) mass is 438 g/mol. The molecule has 0 spiro atoms. The largest absolute Gasteiger partial charge is 0.347 e. The Kier molecular flexibility index (Phi) is 6.24. The van der Waals surface area contributed by atoms with Crippen molar-refractivity contribution < 1.29 is 9.59 Å². The van der Waals surface area contributed by atoms with Crippen molar-refractivity contribution in [2.75, 3.05) is 39.3 Å². The van der Waals surface area contributed by atoms with Crippen LogP contribution < -0.4 is 10.6 Å². The van der Waals surface area contributed by atoms with Gasteiger partial charge in [-0.3, -0.25) is 29.4 Å². The SMILES string of the molecule is CCC1CC2N=CC(CN3CCN(C4C=CC(NC(=O)C5CC5)=NC4)CC3)=CC2NC1=O. The van der Waals surface area contributed by atoms with Gasteiger partial charge < -0.3 is 10.6 Å². The summed E-state index contributed by atoms with van der Waals surface area (Å²) >= 11 is 0. The Morgan fingerprint density at radius 1 is 1.25 bits per heavy atom. The molecule has 2 N–H and O–H groups in total. The second-order valence-corrected chi connectivity index (χ2v) is 9.69. The first-order valence-corrected chi connectivity index (χ1v) is 12.1. The highest BCUT2D eigenvalue weighted by Crippen LogP contribution is 2.29. The maximum Gasteiger partial charge on any atom is 0.228 e. The van der Waals surface area contributed by atoms with Crippen molar-refractivity contribution in [3.63, 3.8) is 0 Å². The molecule has 5 aliphatic rings. The third-order valence-corrected chi connectivity index (χ3v) is 7.34. The molecule has 0 aromatic heterocycles. The van der Waals surface area contributed by atoms with Gasteiger partial charge in [-0.25, -0.2) is 0 Å². The molecule has 4 unspecified atom stereocenters. The van der Waals surface area contributed by atoms with E-state index in [9.17, 15) is 9.59 Å². The minimum atomic E-state index is 0.0476. The summed E-state index contributed by atoms with van der Waals surface area (Å²) in [4.78, 5) is 38.4. The molecule has 1 aliphatic carbocycles. The summed E-state index contributed by atoms with van der Waals surface area (Å²) < 4.78 is 0. The van der Waals surface area contributed by atoms with Gasteiger partial charge in [-0.1, -0.05) is 19.1 Å². The van der Waals surface area contributed by atoms with Crippen molar-refractivity contribution in [3.05, 3.63) is 23.8 Å². The number of rotatable bonds is 5. The van der Waals surface area contributed by atoms with E-state index in [2.05, 4.69) is 44.5 Å². The van der Waals surface area contributed by atoms with Gasteiger partial charge in [-0.15, -0.1) is 0 Å². The lowest BCUT2D eigenvalue weighted by Gasteiger charge is -2.39. The van der Waals surface area contributed by atoms with Gasteiger partial charge in [0, 0.05) is 56.8 Å². The number of dihydropyridines is 2. The minimum Gasteiger partial charge on any atom is -0.347 e. The van der Waals surface area contributed by atoms with Gasteiger partial charge >= 0.3 is 0 Å². The number of carbonyl (C=O) groups excluding carboxylic acids is 2. The highest BCUT2D eigenvalue weighted by molar-refractivity contribution is 6.05. The van der Waals surface area contributed by atoms with E-state index in [1.54, 1.807) is 0 Å². The molecule has 4 aliphatic heterocycles. The van der Waals surface area contributed by atoms with E-state index in [0.29, 0.717) is 18.4 Å². The fourth-order valence-electron chi connectivity index (χ4n) is 5.05. The van der Waals surface area contributed by atoms with E-state index >= 15 is 0 Å². The fraction of sp³-hybridized carbons (Fsp3) is 0.667. The fourth-order valence-corrected chi connectivity index (χ4v) is 5.05. The first kappa shape index (κ1) is 21.5. The molecule has 0 aromatic carbocycles. The molecule has 1 saturated carbocycles. The van der Waals surface area contributed by atoms with Crippen molar-refractivity contribution >= 4 is 23.9 Å². The predicted octanol–water partition coefficient (Wildman–Crippen LogP) is 0.761. The van der Waals surface area contributed by atoms with E-state index in [1.807, 2.05) is 12.3 Å². The summed E-state index contributed by atoms with van der Waals surface area (Å²) in [6.07, 6.45) is 12.1. The molecule has 5 rings (SSSR count). The van der Waals surface area contributed by atoms with Crippen molar-refractivity contribution in [1.29, 1.82) is 0 Å². The number of hydrogen-bond acceptors (Lipinski definition) is 6. The molecule has 172 valence electrons. The van der Waals surface area contributed by atoms with Gasteiger partial charge in [0.2, 0.25) is 11.8 Å². The Bertz CT molecular complexity index is 866. The first-order chi connectivity index (χ1) is 15.6. The predicted molar refractivity (Wildman–Crippen MR) is 125 cm³/mol. The molecular weight excluding hydrogens is 404 g/mol. The quantitative estimate of drug-likeness (QED) is 0.663. The number of piperidine rings is 1. The van der Waals surface area contributed by atoms with Gasteiger partial charge in [0.1, 0.15) is 5.84 Å². The Hall–Kier alpha value is -2.32. The van der Waals surface area contributed by atoms with E-state index in [4.69, 9.17) is 4.99 Å². The van der Waals surface area contributed by atoms with Crippen molar-refractivity contribution in [1.82, 2.24) is 20.4 Å².